The van der Waals surface area contributed by atoms with Crippen molar-refractivity contribution in [3.05, 3.63) is 30.3 Å². The fraction of sp³-hybridized carbons (Fsp3) is 0.533. The van der Waals surface area contributed by atoms with E-state index in [1.807, 2.05) is 37.3 Å². The Morgan fingerprint density at radius 2 is 2.24 bits per heavy atom. The van der Waals surface area contributed by atoms with Crippen LogP contribution in [0.25, 0.3) is 0 Å². The molecule has 1 aromatic carbocycles. The fourth-order valence-corrected chi connectivity index (χ4v) is 3.49. The molecule has 0 saturated carbocycles. The van der Waals surface area contributed by atoms with Crippen molar-refractivity contribution in [2.24, 2.45) is 5.41 Å². The van der Waals surface area contributed by atoms with Crippen LogP contribution in [0.2, 0.25) is 0 Å². The zero-order chi connectivity index (χ0) is 15.1. The van der Waals surface area contributed by atoms with Gasteiger partial charge in [0.2, 0.25) is 0 Å². The minimum atomic E-state index is -0.730. The molecule has 0 bridgehead atoms. The third-order valence-electron chi connectivity index (χ3n) is 3.49. The topological polar surface area (TPSA) is 56.8 Å². The van der Waals surface area contributed by atoms with Crippen molar-refractivity contribution < 1.29 is 19.1 Å². The molecule has 5 nitrogen and oxygen atoms in total. The molecular weight excluding hydrogens is 290 g/mol. The predicted molar refractivity (Wildman–Crippen MR) is 81.0 cm³/mol. The van der Waals surface area contributed by atoms with Crippen LogP contribution in [0, 0.1) is 5.41 Å². The number of benzene rings is 1. The van der Waals surface area contributed by atoms with Gasteiger partial charge in [0.05, 0.1) is 33.0 Å². The van der Waals surface area contributed by atoms with Gasteiger partial charge in [0.25, 0.3) is 0 Å². The van der Waals surface area contributed by atoms with E-state index in [4.69, 9.17) is 14.3 Å². The Bertz CT molecular complexity index is 456. The van der Waals surface area contributed by atoms with Crippen LogP contribution in [0.5, 0.6) is 0 Å². The van der Waals surface area contributed by atoms with Gasteiger partial charge in [0.1, 0.15) is 5.41 Å². The van der Waals surface area contributed by atoms with Crippen molar-refractivity contribution >= 4 is 17.7 Å². The molecule has 0 aliphatic carbocycles. The van der Waals surface area contributed by atoms with Crippen LogP contribution in [0.4, 0.5) is 0 Å². The fourth-order valence-electron chi connectivity index (χ4n) is 2.31. The highest BCUT2D eigenvalue weighted by atomic mass is 32.2. The van der Waals surface area contributed by atoms with Gasteiger partial charge in [-0.1, -0.05) is 18.2 Å². The SMILES string of the molecule is CCOC(=O)C1(CSc2ccccc2)COCC1NOC. The first-order valence-corrected chi connectivity index (χ1v) is 7.93. The summed E-state index contributed by atoms with van der Waals surface area (Å²) < 4.78 is 10.8. The molecule has 0 aromatic heterocycles. The third-order valence-corrected chi connectivity index (χ3v) is 4.76. The predicted octanol–water partition coefficient (Wildman–Crippen LogP) is 1.88. The molecule has 1 heterocycles. The summed E-state index contributed by atoms with van der Waals surface area (Å²) in [5.74, 6) is 0.345. The van der Waals surface area contributed by atoms with Gasteiger partial charge in [-0.25, -0.2) is 0 Å². The number of esters is 1. The number of carbonyl (C=O) groups is 1. The minimum Gasteiger partial charge on any atom is -0.465 e. The van der Waals surface area contributed by atoms with Gasteiger partial charge in [-0.15, -0.1) is 11.8 Å². The lowest BCUT2D eigenvalue weighted by molar-refractivity contribution is -0.156. The van der Waals surface area contributed by atoms with Crippen molar-refractivity contribution in [1.29, 1.82) is 0 Å². The smallest absolute Gasteiger partial charge is 0.317 e. The van der Waals surface area contributed by atoms with E-state index in [0.29, 0.717) is 25.6 Å². The minimum absolute atomic E-state index is 0.210. The Morgan fingerprint density at radius 3 is 2.90 bits per heavy atom. The summed E-state index contributed by atoms with van der Waals surface area (Å²) in [7, 11) is 1.54. The van der Waals surface area contributed by atoms with Crippen molar-refractivity contribution in [1.82, 2.24) is 5.48 Å². The highest BCUT2D eigenvalue weighted by molar-refractivity contribution is 7.99. The Morgan fingerprint density at radius 1 is 1.48 bits per heavy atom. The molecule has 1 fully saturated rings. The molecule has 2 rings (SSSR count). The zero-order valence-electron chi connectivity index (χ0n) is 12.3. The number of nitrogens with one attached hydrogen (secondary N) is 1. The van der Waals surface area contributed by atoms with Gasteiger partial charge >= 0.3 is 5.97 Å². The van der Waals surface area contributed by atoms with E-state index in [0.717, 1.165) is 4.90 Å². The van der Waals surface area contributed by atoms with Crippen LogP contribution in [0.3, 0.4) is 0 Å². The lowest BCUT2D eigenvalue weighted by Gasteiger charge is -2.30. The number of thioether (sulfide) groups is 1. The van der Waals surface area contributed by atoms with Gasteiger partial charge < -0.3 is 14.3 Å². The van der Waals surface area contributed by atoms with Crippen molar-refractivity contribution in [3.63, 3.8) is 0 Å². The largest absolute Gasteiger partial charge is 0.465 e. The highest BCUT2D eigenvalue weighted by Crippen LogP contribution is 2.36. The number of hydrogen-bond donors (Lipinski definition) is 1. The molecule has 2 atom stereocenters. The van der Waals surface area contributed by atoms with Crippen LogP contribution in [0.1, 0.15) is 6.92 Å². The van der Waals surface area contributed by atoms with Crippen LogP contribution in [-0.2, 0) is 19.1 Å². The molecule has 1 N–H and O–H groups in total. The average molecular weight is 311 g/mol. The van der Waals surface area contributed by atoms with E-state index < -0.39 is 5.41 Å². The lowest BCUT2D eigenvalue weighted by atomic mass is 9.85. The zero-order valence-corrected chi connectivity index (χ0v) is 13.2. The Kier molecular flexibility index (Phi) is 6.05. The summed E-state index contributed by atoms with van der Waals surface area (Å²) in [5.41, 5.74) is 2.14. The maximum atomic E-state index is 12.5. The molecule has 0 amide bonds. The standard InChI is InChI=1S/C15H21NO4S/c1-3-20-14(17)15(10-19-9-13(15)16-18-2)11-21-12-7-5-4-6-8-12/h4-8,13,16H,3,9-11H2,1-2H3. The molecule has 1 saturated heterocycles. The average Bonchev–Trinajstić information content (AvgIpc) is 2.91. The first-order chi connectivity index (χ1) is 10.2. The van der Waals surface area contributed by atoms with Gasteiger partial charge in [-0.05, 0) is 19.1 Å². The number of hydroxylamine groups is 1. The summed E-state index contributed by atoms with van der Waals surface area (Å²) in [6, 6.07) is 9.78. The summed E-state index contributed by atoms with van der Waals surface area (Å²) in [6.45, 7) is 2.94. The number of ether oxygens (including phenoxy) is 2. The van der Waals surface area contributed by atoms with E-state index in [2.05, 4.69) is 5.48 Å². The Balaban J connectivity index is 2.13. The second kappa shape index (κ2) is 7.79. The molecule has 1 aromatic rings. The molecule has 1 aliphatic rings. The van der Waals surface area contributed by atoms with Crippen molar-refractivity contribution in [2.45, 2.75) is 17.9 Å². The van der Waals surface area contributed by atoms with Crippen LogP contribution in [0.15, 0.2) is 35.2 Å². The quantitative estimate of drug-likeness (QED) is 0.471. The van der Waals surface area contributed by atoms with E-state index in [1.54, 1.807) is 18.9 Å². The third kappa shape index (κ3) is 3.77. The molecular formula is C15H21NO4S. The van der Waals surface area contributed by atoms with E-state index >= 15 is 0 Å². The Hall–Kier alpha value is -1.08. The van der Waals surface area contributed by atoms with E-state index in [-0.39, 0.29) is 12.0 Å². The number of carbonyl (C=O) groups excluding carboxylic acids is 1. The van der Waals surface area contributed by atoms with Gasteiger partial charge in [0.15, 0.2) is 0 Å². The number of hydrogen-bond acceptors (Lipinski definition) is 6. The molecule has 6 heteroatoms. The molecule has 0 spiro atoms. The highest BCUT2D eigenvalue weighted by Gasteiger charge is 2.51. The van der Waals surface area contributed by atoms with E-state index in [9.17, 15) is 4.79 Å². The molecule has 2 unspecified atom stereocenters. The lowest BCUT2D eigenvalue weighted by Crippen LogP contribution is -2.51. The second-order valence-electron chi connectivity index (χ2n) is 4.87. The summed E-state index contributed by atoms with van der Waals surface area (Å²) in [5, 5.41) is 0. The van der Waals surface area contributed by atoms with Gasteiger partial charge in [-0.3, -0.25) is 4.79 Å². The van der Waals surface area contributed by atoms with Crippen LogP contribution < -0.4 is 5.48 Å². The van der Waals surface area contributed by atoms with Gasteiger partial charge in [-0.2, -0.15) is 5.48 Å². The number of rotatable bonds is 7. The summed E-state index contributed by atoms with van der Waals surface area (Å²) >= 11 is 1.62. The molecule has 21 heavy (non-hydrogen) atoms. The normalized spacial score (nSPS) is 25.0. The maximum absolute atomic E-state index is 12.5. The summed E-state index contributed by atoms with van der Waals surface area (Å²) in [6.07, 6.45) is 0. The maximum Gasteiger partial charge on any atom is 0.317 e. The van der Waals surface area contributed by atoms with Crippen molar-refractivity contribution in [3.8, 4) is 0 Å². The van der Waals surface area contributed by atoms with Crippen molar-refractivity contribution in [2.75, 3.05) is 32.7 Å². The van der Waals surface area contributed by atoms with E-state index in [1.165, 1.54) is 0 Å². The summed E-state index contributed by atoms with van der Waals surface area (Å²) in [4.78, 5) is 18.6. The first kappa shape index (κ1) is 16.3. The van der Waals surface area contributed by atoms with Crippen LogP contribution in [-0.4, -0.2) is 44.7 Å². The van der Waals surface area contributed by atoms with Gasteiger partial charge in [0, 0.05) is 10.6 Å². The molecule has 0 radical (unpaired) electrons. The molecule has 116 valence electrons. The second-order valence-corrected chi connectivity index (χ2v) is 5.92. The van der Waals surface area contributed by atoms with Crippen LogP contribution >= 0.6 is 11.8 Å². The first-order valence-electron chi connectivity index (χ1n) is 6.94. The molecule has 1 aliphatic heterocycles. The Labute approximate surface area is 129 Å². The monoisotopic (exact) mass is 311 g/mol.